The predicted molar refractivity (Wildman–Crippen MR) is 87.6 cm³/mol. The van der Waals surface area contributed by atoms with E-state index in [1.54, 1.807) is 0 Å². The van der Waals surface area contributed by atoms with Crippen molar-refractivity contribution in [3.63, 3.8) is 0 Å². The van der Waals surface area contributed by atoms with Crippen molar-refractivity contribution < 1.29 is 0 Å². The van der Waals surface area contributed by atoms with Crippen molar-refractivity contribution in [1.82, 2.24) is 19.7 Å². The second kappa shape index (κ2) is 6.31. The molecular formula is C18H30N4. The Labute approximate surface area is 134 Å². The Morgan fingerprint density at radius 1 is 0.909 bits per heavy atom. The van der Waals surface area contributed by atoms with Gasteiger partial charge < -0.3 is 4.57 Å². The Bertz CT molecular complexity index is 505. The average Bonchev–Trinajstić information content (AvgIpc) is 2.72. The molecule has 4 nitrogen and oxygen atoms in total. The molecule has 122 valence electrons. The van der Waals surface area contributed by atoms with E-state index >= 15 is 0 Å². The summed E-state index contributed by atoms with van der Waals surface area (Å²) in [6, 6.07) is 0.806. The van der Waals surface area contributed by atoms with Crippen LogP contribution >= 0.6 is 0 Å². The second-order valence-electron chi connectivity index (χ2n) is 7.74. The number of nitrogens with zero attached hydrogens (tertiary/aromatic N) is 4. The Morgan fingerprint density at radius 2 is 1.68 bits per heavy atom. The van der Waals surface area contributed by atoms with Gasteiger partial charge in [-0.2, -0.15) is 0 Å². The Morgan fingerprint density at radius 3 is 2.45 bits per heavy atom. The minimum Gasteiger partial charge on any atom is -0.317 e. The highest BCUT2D eigenvalue weighted by molar-refractivity contribution is 5.05. The maximum absolute atomic E-state index is 4.55. The van der Waals surface area contributed by atoms with Crippen molar-refractivity contribution in [3.8, 4) is 0 Å². The monoisotopic (exact) mass is 302 g/mol. The summed E-state index contributed by atoms with van der Waals surface area (Å²) in [5.41, 5.74) is 0. The van der Waals surface area contributed by atoms with Gasteiger partial charge in [-0.25, -0.2) is 0 Å². The fourth-order valence-electron chi connectivity index (χ4n) is 4.81. The molecule has 1 aliphatic heterocycles. The number of fused-ring (bicyclic) bond motifs is 1. The molecule has 2 unspecified atom stereocenters. The minimum atomic E-state index is 0.679. The van der Waals surface area contributed by atoms with Gasteiger partial charge in [0, 0.05) is 19.0 Å². The SMILES string of the molecule is Cn1c(CN2CCCCC3CCCCC32)nnc1C1CCC1. The molecule has 3 aliphatic rings. The first-order chi connectivity index (χ1) is 10.8. The summed E-state index contributed by atoms with van der Waals surface area (Å²) < 4.78 is 2.30. The topological polar surface area (TPSA) is 34.0 Å². The smallest absolute Gasteiger partial charge is 0.146 e. The summed E-state index contributed by atoms with van der Waals surface area (Å²) in [4.78, 5) is 2.74. The summed E-state index contributed by atoms with van der Waals surface area (Å²) in [5, 5.41) is 9.07. The third kappa shape index (κ3) is 2.70. The van der Waals surface area contributed by atoms with Gasteiger partial charge in [-0.15, -0.1) is 10.2 Å². The van der Waals surface area contributed by atoms with Gasteiger partial charge >= 0.3 is 0 Å². The third-order valence-electron chi connectivity index (χ3n) is 6.42. The fraction of sp³-hybridized carbons (Fsp3) is 0.889. The molecule has 0 aromatic carbocycles. The first kappa shape index (κ1) is 14.7. The zero-order chi connectivity index (χ0) is 14.9. The average molecular weight is 302 g/mol. The zero-order valence-corrected chi connectivity index (χ0v) is 14.0. The van der Waals surface area contributed by atoms with E-state index in [1.807, 2.05) is 0 Å². The number of hydrogen-bond donors (Lipinski definition) is 0. The summed E-state index contributed by atoms with van der Waals surface area (Å²) in [6.45, 7) is 2.27. The first-order valence-corrected chi connectivity index (χ1v) is 9.45. The molecule has 0 N–H and O–H groups in total. The molecule has 0 bridgehead atoms. The lowest BCUT2D eigenvalue weighted by Gasteiger charge is -2.38. The molecular weight excluding hydrogens is 272 g/mol. The van der Waals surface area contributed by atoms with Gasteiger partial charge in [0.1, 0.15) is 11.6 Å². The normalized spacial score (nSPS) is 30.6. The van der Waals surface area contributed by atoms with Crippen molar-refractivity contribution in [2.24, 2.45) is 13.0 Å². The lowest BCUT2D eigenvalue weighted by molar-refractivity contribution is 0.106. The van der Waals surface area contributed by atoms with Crippen molar-refractivity contribution in [2.45, 2.75) is 82.7 Å². The third-order valence-corrected chi connectivity index (χ3v) is 6.42. The van der Waals surface area contributed by atoms with Crippen molar-refractivity contribution >= 4 is 0 Å². The molecule has 4 heteroatoms. The van der Waals surface area contributed by atoms with E-state index in [1.165, 1.54) is 82.4 Å². The van der Waals surface area contributed by atoms with Crippen LogP contribution in [0.2, 0.25) is 0 Å². The van der Waals surface area contributed by atoms with Gasteiger partial charge in [0.05, 0.1) is 6.54 Å². The van der Waals surface area contributed by atoms with E-state index in [0.29, 0.717) is 5.92 Å². The minimum absolute atomic E-state index is 0.679. The van der Waals surface area contributed by atoms with Crippen LogP contribution in [0.25, 0.3) is 0 Å². The van der Waals surface area contributed by atoms with Gasteiger partial charge in [0.2, 0.25) is 0 Å². The summed E-state index contributed by atoms with van der Waals surface area (Å²) >= 11 is 0. The molecule has 0 spiro atoms. The molecule has 2 heterocycles. The van der Waals surface area contributed by atoms with Gasteiger partial charge in [-0.05, 0) is 51.0 Å². The molecule has 2 atom stereocenters. The van der Waals surface area contributed by atoms with Crippen molar-refractivity contribution in [2.75, 3.05) is 6.54 Å². The van der Waals surface area contributed by atoms with E-state index in [-0.39, 0.29) is 0 Å². The van der Waals surface area contributed by atoms with Crippen molar-refractivity contribution in [1.29, 1.82) is 0 Å². The van der Waals surface area contributed by atoms with Crippen LogP contribution in [0.15, 0.2) is 0 Å². The summed E-state index contributed by atoms with van der Waals surface area (Å²) in [6.07, 6.45) is 13.9. The second-order valence-corrected chi connectivity index (χ2v) is 7.74. The molecule has 22 heavy (non-hydrogen) atoms. The zero-order valence-electron chi connectivity index (χ0n) is 14.0. The summed E-state index contributed by atoms with van der Waals surface area (Å²) in [7, 11) is 2.18. The van der Waals surface area contributed by atoms with E-state index in [0.717, 1.165) is 18.5 Å². The largest absolute Gasteiger partial charge is 0.317 e. The maximum Gasteiger partial charge on any atom is 0.146 e. The quantitative estimate of drug-likeness (QED) is 0.855. The maximum atomic E-state index is 4.55. The van der Waals surface area contributed by atoms with Crippen LogP contribution in [0.4, 0.5) is 0 Å². The van der Waals surface area contributed by atoms with Crippen LogP contribution in [-0.2, 0) is 13.6 Å². The molecule has 0 amide bonds. The Kier molecular flexibility index (Phi) is 4.21. The van der Waals surface area contributed by atoms with Crippen LogP contribution < -0.4 is 0 Å². The standard InChI is InChI=1S/C18H30N4/c1-21-17(19-20-18(21)15-9-6-10-15)13-22-12-5-4-8-14-7-2-3-11-16(14)22/h14-16H,2-13H2,1H3. The van der Waals surface area contributed by atoms with Gasteiger partial charge in [-0.1, -0.05) is 25.7 Å². The number of likely N-dealkylation sites (tertiary alicyclic amines) is 1. The molecule has 2 saturated carbocycles. The first-order valence-electron chi connectivity index (χ1n) is 9.45. The lowest BCUT2D eigenvalue weighted by Crippen LogP contribution is -2.41. The Balaban J connectivity index is 1.50. The highest BCUT2D eigenvalue weighted by Gasteiger charge is 2.33. The highest BCUT2D eigenvalue weighted by atomic mass is 15.3. The van der Waals surface area contributed by atoms with Crippen molar-refractivity contribution in [3.05, 3.63) is 11.6 Å². The predicted octanol–water partition coefficient (Wildman–Crippen LogP) is 3.63. The number of rotatable bonds is 3. The highest BCUT2D eigenvalue weighted by Crippen LogP contribution is 2.37. The Hall–Kier alpha value is -0.900. The fourth-order valence-corrected chi connectivity index (χ4v) is 4.81. The van der Waals surface area contributed by atoms with Crippen LogP contribution in [0.3, 0.4) is 0 Å². The molecule has 1 saturated heterocycles. The van der Waals surface area contributed by atoms with Gasteiger partial charge in [0.15, 0.2) is 0 Å². The summed E-state index contributed by atoms with van der Waals surface area (Å²) in [5.74, 6) is 4.04. The number of hydrogen-bond acceptors (Lipinski definition) is 3. The van der Waals surface area contributed by atoms with Gasteiger partial charge in [-0.3, -0.25) is 4.90 Å². The van der Waals surface area contributed by atoms with Gasteiger partial charge in [0.25, 0.3) is 0 Å². The van der Waals surface area contributed by atoms with E-state index in [4.69, 9.17) is 0 Å². The molecule has 4 rings (SSSR count). The van der Waals surface area contributed by atoms with E-state index < -0.39 is 0 Å². The molecule has 1 aromatic rings. The van der Waals surface area contributed by atoms with E-state index in [2.05, 4.69) is 26.7 Å². The van der Waals surface area contributed by atoms with Crippen LogP contribution in [0.1, 0.15) is 81.8 Å². The molecule has 3 fully saturated rings. The molecule has 2 aliphatic carbocycles. The van der Waals surface area contributed by atoms with Crippen LogP contribution in [0, 0.1) is 5.92 Å². The molecule has 1 aromatic heterocycles. The van der Waals surface area contributed by atoms with Crippen LogP contribution in [-0.4, -0.2) is 32.3 Å². The molecule has 0 radical (unpaired) electrons. The number of aromatic nitrogens is 3. The van der Waals surface area contributed by atoms with Crippen LogP contribution in [0.5, 0.6) is 0 Å². The lowest BCUT2D eigenvalue weighted by atomic mass is 9.81. The van der Waals surface area contributed by atoms with E-state index in [9.17, 15) is 0 Å².